The van der Waals surface area contributed by atoms with Gasteiger partial charge in [-0.2, -0.15) is 0 Å². The van der Waals surface area contributed by atoms with Crippen LogP contribution in [0.2, 0.25) is 0 Å². The third kappa shape index (κ3) is 2.11. The minimum absolute atomic E-state index is 0.0530. The molecule has 1 aliphatic rings. The lowest BCUT2D eigenvalue weighted by atomic mass is 10.1. The van der Waals surface area contributed by atoms with E-state index >= 15 is 0 Å². The molecule has 0 radical (unpaired) electrons. The van der Waals surface area contributed by atoms with Crippen molar-refractivity contribution in [3.05, 3.63) is 59.7 Å². The molecule has 0 aromatic heterocycles. The second kappa shape index (κ2) is 5.34. The molecule has 1 heteroatoms. The van der Waals surface area contributed by atoms with Crippen molar-refractivity contribution < 1.29 is 0 Å². The van der Waals surface area contributed by atoms with E-state index in [1.165, 1.54) is 11.1 Å². The summed E-state index contributed by atoms with van der Waals surface area (Å²) in [6.07, 6.45) is 0. The largest absolute Gasteiger partial charge is 0.0891 e. The van der Waals surface area contributed by atoms with Crippen LogP contribution in [-0.4, -0.2) is 11.3 Å². The molecule has 0 aliphatic heterocycles. The Balaban J connectivity index is 2.20. The first-order valence-electron chi connectivity index (χ1n) is 7.57. The quantitative estimate of drug-likeness (QED) is 0.601. The van der Waals surface area contributed by atoms with E-state index in [4.69, 9.17) is 0 Å². The van der Waals surface area contributed by atoms with Gasteiger partial charge in [0, 0.05) is 5.66 Å². The van der Waals surface area contributed by atoms with Crippen molar-refractivity contribution in [3.63, 3.8) is 0 Å². The first-order valence-corrected chi connectivity index (χ1v) is 9.12. The van der Waals surface area contributed by atoms with Crippen molar-refractivity contribution >= 4 is 7.92 Å². The fraction of sp³-hybridized carbons (Fsp3) is 0.368. The summed E-state index contributed by atoms with van der Waals surface area (Å²) in [7, 11) is -0.0530. The summed E-state index contributed by atoms with van der Waals surface area (Å²) in [5.74, 6) is 0. The van der Waals surface area contributed by atoms with Crippen molar-refractivity contribution in [2.45, 2.75) is 44.7 Å². The topological polar surface area (TPSA) is 0 Å². The Kier molecular flexibility index (Phi) is 3.69. The van der Waals surface area contributed by atoms with E-state index in [2.05, 4.69) is 76.2 Å². The highest BCUT2D eigenvalue weighted by Crippen LogP contribution is 2.65. The van der Waals surface area contributed by atoms with Crippen LogP contribution in [-0.2, 0) is 0 Å². The van der Waals surface area contributed by atoms with Crippen LogP contribution in [0.15, 0.2) is 48.5 Å². The van der Waals surface area contributed by atoms with Crippen molar-refractivity contribution in [2.75, 3.05) is 0 Å². The van der Waals surface area contributed by atoms with Gasteiger partial charge in [0.15, 0.2) is 0 Å². The number of hydrogen-bond acceptors (Lipinski definition) is 0. The van der Waals surface area contributed by atoms with E-state index in [1.807, 2.05) is 0 Å². The Labute approximate surface area is 124 Å². The fourth-order valence-electron chi connectivity index (χ4n) is 3.64. The first kappa shape index (κ1) is 13.8. The number of hydrogen-bond donors (Lipinski definition) is 0. The minimum atomic E-state index is -0.0530. The van der Waals surface area contributed by atoms with Gasteiger partial charge in [0.05, 0.1) is 0 Å². The van der Waals surface area contributed by atoms with Gasteiger partial charge in [-0.15, -0.1) is 0 Å². The van der Waals surface area contributed by atoms with E-state index < -0.39 is 0 Å². The highest BCUT2D eigenvalue weighted by Gasteiger charge is 2.36. The van der Waals surface area contributed by atoms with Crippen molar-refractivity contribution in [1.29, 1.82) is 0 Å². The highest BCUT2D eigenvalue weighted by atomic mass is 31.1. The molecule has 0 saturated carbocycles. The van der Waals surface area contributed by atoms with Gasteiger partial charge < -0.3 is 0 Å². The lowest BCUT2D eigenvalue weighted by Gasteiger charge is -2.33. The van der Waals surface area contributed by atoms with Gasteiger partial charge in [0.2, 0.25) is 0 Å². The summed E-state index contributed by atoms with van der Waals surface area (Å²) in [5, 5.41) is 0. The van der Waals surface area contributed by atoms with E-state index in [1.54, 1.807) is 11.1 Å². The average Bonchev–Trinajstić information content (AvgIpc) is 2.74. The molecule has 0 unspecified atom stereocenters. The van der Waals surface area contributed by atoms with E-state index in [0.29, 0.717) is 5.66 Å². The molecule has 0 saturated heterocycles. The lowest BCUT2D eigenvalue weighted by molar-refractivity contribution is 0.969. The van der Waals surface area contributed by atoms with Gasteiger partial charge in [-0.05, 0) is 33.6 Å². The summed E-state index contributed by atoms with van der Waals surface area (Å²) in [5.41, 5.74) is 8.18. The van der Waals surface area contributed by atoms with Crippen LogP contribution in [0.5, 0.6) is 0 Å². The summed E-state index contributed by atoms with van der Waals surface area (Å²) in [4.78, 5) is 0. The zero-order valence-corrected chi connectivity index (χ0v) is 13.7. The SMILES string of the molecule is CC(C)P(C(C)C)C1c2ccccc2-c2ccccc21. The van der Waals surface area contributed by atoms with E-state index in [0.717, 1.165) is 11.3 Å². The zero-order chi connectivity index (χ0) is 14.3. The molecule has 1 aliphatic carbocycles. The van der Waals surface area contributed by atoms with Crippen LogP contribution in [0.3, 0.4) is 0 Å². The molecule has 20 heavy (non-hydrogen) atoms. The minimum Gasteiger partial charge on any atom is -0.0891 e. The number of benzene rings is 2. The Bertz CT molecular complexity index is 559. The van der Waals surface area contributed by atoms with Gasteiger partial charge in [-0.1, -0.05) is 84.1 Å². The second-order valence-electron chi connectivity index (χ2n) is 6.21. The molecule has 0 heterocycles. The van der Waals surface area contributed by atoms with Gasteiger partial charge in [-0.25, -0.2) is 0 Å². The maximum Gasteiger partial charge on any atom is 0.0308 e. The summed E-state index contributed by atoms with van der Waals surface area (Å²) in [6.45, 7) is 9.59. The standard InChI is InChI=1S/C19H23P/c1-13(2)20(14(3)4)19-17-11-7-5-9-15(17)16-10-6-8-12-18(16)19/h5-14,19H,1-4H3. The number of fused-ring (bicyclic) bond motifs is 3. The maximum absolute atomic E-state index is 2.40. The van der Waals surface area contributed by atoms with Crippen molar-refractivity contribution in [2.24, 2.45) is 0 Å². The number of rotatable bonds is 3. The third-order valence-corrected chi connectivity index (χ3v) is 7.83. The lowest BCUT2D eigenvalue weighted by Crippen LogP contribution is -2.10. The van der Waals surface area contributed by atoms with E-state index in [9.17, 15) is 0 Å². The molecule has 0 fully saturated rings. The summed E-state index contributed by atoms with van der Waals surface area (Å²) >= 11 is 0. The monoisotopic (exact) mass is 282 g/mol. The Morgan fingerprint density at radius 3 is 1.50 bits per heavy atom. The Morgan fingerprint density at radius 1 is 0.700 bits per heavy atom. The molecule has 104 valence electrons. The van der Waals surface area contributed by atoms with Crippen LogP contribution in [0.1, 0.15) is 44.5 Å². The fourth-order valence-corrected chi connectivity index (χ4v) is 7.12. The van der Waals surface area contributed by atoms with Gasteiger partial charge >= 0.3 is 0 Å². The van der Waals surface area contributed by atoms with Gasteiger partial charge in [0.25, 0.3) is 0 Å². The van der Waals surface area contributed by atoms with E-state index in [-0.39, 0.29) is 7.92 Å². The normalized spacial score (nSPS) is 14.2. The average molecular weight is 282 g/mol. The Morgan fingerprint density at radius 2 is 1.10 bits per heavy atom. The zero-order valence-electron chi connectivity index (χ0n) is 12.8. The van der Waals surface area contributed by atoms with Crippen LogP contribution in [0.4, 0.5) is 0 Å². The van der Waals surface area contributed by atoms with Crippen molar-refractivity contribution in [1.82, 2.24) is 0 Å². The Hall–Kier alpha value is -1.13. The molecule has 0 atom stereocenters. The second-order valence-corrected chi connectivity index (χ2v) is 9.69. The van der Waals surface area contributed by atoms with Crippen LogP contribution in [0, 0.1) is 0 Å². The molecule has 2 aromatic rings. The molecule has 3 rings (SSSR count). The molecule has 0 bridgehead atoms. The molecular weight excluding hydrogens is 259 g/mol. The highest BCUT2D eigenvalue weighted by molar-refractivity contribution is 7.59. The molecule has 0 N–H and O–H groups in total. The van der Waals surface area contributed by atoms with Gasteiger partial charge in [0.1, 0.15) is 0 Å². The van der Waals surface area contributed by atoms with Crippen LogP contribution >= 0.6 is 7.92 Å². The smallest absolute Gasteiger partial charge is 0.0308 e. The molecule has 0 amide bonds. The van der Waals surface area contributed by atoms with Gasteiger partial charge in [-0.3, -0.25) is 0 Å². The molecular formula is C19H23P. The predicted octanol–water partition coefficient (Wildman–Crippen LogP) is 6.06. The molecule has 0 spiro atoms. The van der Waals surface area contributed by atoms with Crippen LogP contribution in [0.25, 0.3) is 11.1 Å². The predicted molar refractivity (Wildman–Crippen MR) is 90.9 cm³/mol. The molecule has 2 aromatic carbocycles. The molecule has 0 nitrogen and oxygen atoms in total. The maximum atomic E-state index is 2.40. The summed E-state index contributed by atoms with van der Waals surface area (Å²) in [6, 6.07) is 18.0. The van der Waals surface area contributed by atoms with Crippen molar-refractivity contribution in [3.8, 4) is 11.1 Å². The summed E-state index contributed by atoms with van der Waals surface area (Å²) < 4.78 is 0. The van der Waals surface area contributed by atoms with Crippen LogP contribution < -0.4 is 0 Å². The third-order valence-electron chi connectivity index (χ3n) is 4.29. The first-order chi connectivity index (χ1) is 9.61.